The van der Waals surface area contributed by atoms with Gasteiger partial charge < -0.3 is 5.11 Å². The second kappa shape index (κ2) is 2.67. The van der Waals surface area contributed by atoms with Crippen LogP contribution in [0.15, 0.2) is 0 Å². The van der Waals surface area contributed by atoms with Crippen molar-refractivity contribution in [2.24, 2.45) is 0 Å². The van der Waals surface area contributed by atoms with E-state index >= 15 is 0 Å². The number of alkyl halides is 2. The van der Waals surface area contributed by atoms with Crippen molar-refractivity contribution >= 4 is 5.97 Å². The van der Waals surface area contributed by atoms with Gasteiger partial charge in [-0.15, -0.1) is 0 Å². The van der Waals surface area contributed by atoms with Crippen molar-refractivity contribution < 1.29 is 28.1 Å². The molecule has 0 aromatic rings. The zero-order chi connectivity index (χ0) is 7.49. The van der Waals surface area contributed by atoms with E-state index in [0.717, 1.165) is 0 Å². The van der Waals surface area contributed by atoms with Crippen molar-refractivity contribution in [1.82, 2.24) is 0 Å². The van der Waals surface area contributed by atoms with Gasteiger partial charge in [0.25, 0.3) is 0 Å². The second-order valence-electron chi connectivity index (χ2n) is 1.23. The summed E-state index contributed by atoms with van der Waals surface area (Å²) in [5, 5.41) is 7.68. The summed E-state index contributed by atoms with van der Waals surface area (Å²) in [4.78, 5) is 11.7. The third-order valence-corrected chi connectivity index (χ3v) is 0.567. The molecule has 0 saturated carbocycles. The van der Waals surface area contributed by atoms with Gasteiger partial charge in [-0.1, -0.05) is 0 Å². The molecular weight excluding hydrogens is 141 g/mol. The van der Waals surface area contributed by atoms with Gasteiger partial charge in [0, 0.05) is 4.53 Å². The Bertz CT molecular complexity index is 113. The van der Waals surface area contributed by atoms with Gasteiger partial charge in [-0.05, 0) is 0 Å². The third kappa shape index (κ3) is 1.88. The molecule has 0 heterocycles. The maximum absolute atomic E-state index is 11.6. The molecular formula is C3H3F3O3. The molecule has 3 nitrogen and oxygen atoms in total. The monoisotopic (exact) mass is 144 g/mol. The molecule has 0 aromatic carbocycles. The molecule has 0 aliphatic heterocycles. The van der Waals surface area contributed by atoms with E-state index in [1.54, 1.807) is 0 Å². The molecule has 0 atom stereocenters. The summed E-state index contributed by atoms with van der Waals surface area (Å²) in [5.41, 5.74) is 0. The van der Waals surface area contributed by atoms with E-state index in [0.29, 0.717) is 0 Å². The summed E-state index contributed by atoms with van der Waals surface area (Å²) in [7, 11) is 0. The first-order valence-corrected chi connectivity index (χ1v) is 1.86. The molecule has 0 radical (unpaired) electrons. The number of halogens is 3. The minimum Gasteiger partial charge on any atom is -0.389 e. The smallest absolute Gasteiger partial charge is 0.389 e. The predicted octanol–water partition coefficient (Wildman–Crippen LogP) is 0.0417. The van der Waals surface area contributed by atoms with Crippen LogP contribution < -0.4 is 0 Å². The van der Waals surface area contributed by atoms with E-state index in [9.17, 15) is 18.1 Å². The first-order valence-electron chi connectivity index (χ1n) is 1.86. The van der Waals surface area contributed by atoms with Crippen molar-refractivity contribution in [2.75, 3.05) is 6.61 Å². The van der Waals surface area contributed by atoms with E-state index in [1.807, 2.05) is 0 Å². The molecule has 54 valence electrons. The van der Waals surface area contributed by atoms with Crippen LogP contribution >= 0.6 is 0 Å². The van der Waals surface area contributed by atoms with Crippen molar-refractivity contribution in [2.45, 2.75) is 5.92 Å². The molecule has 0 saturated heterocycles. The molecule has 0 unspecified atom stereocenters. The standard InChI is InChI=1S/C3H3F3O3/c4-3(5,1-7)2(8)9-6/h7H,1H2. The van der Waals surface area contributed by atoms with Gasteiger partial charge in [-0.2, -0.15) is 8.78 Å². The van der Waals surface area contributed by atoms with Crippen molar-refractivity contribution in [1.29, 1.82) is 0 Å². The maximum Gasteiger partial charge on any atom is 0.420 e. The summed E-state index contributed by atoms with van der Waals surface area (Å²) < 4.78 is 33.8. The van der Waals surface area contributed by atoms with Crippen LogP contribution in [0, 0.1) is 0 Å². The van der Waals surface area contributed by atoms with Gasteiger partial charge in [0.1, 0.15) is 6.61 Å². The normalized spacial score (nSPS) is 11.1. The quantitative estimate of drug-likeness (QED) is 0.595. The second-order valence-corrected chi connectivity index (χ2v) is 1.23. The highest BCUT2D eigenvalue weighted by Gasteiger charge is 2.41. The van der Waals surface area contributed by atoms with Crippen LogP contribution in [-0.2, 0) is 9.74 Å². The number of carbonyl (C=O) groups is 1. The van der Waals surface area contributed by atoms with E-state index in [1.165, 1.54) is 0 Å². The highest BCUT2D eigenvalue weighted by molar-refractivity contribution is 5.76. The largest absolute Gasteiger partial charge is 0.420 e. The summed E-state index contributed by atoms with van der Waals surface area (Å²) >= 11 is 0. The topological polar surface area (TPSA) is 46.5 Å². The Morgan fingerprint density at radius 2 is 2.11 bits per heavy atom. The Kier molecular flexibility index (Phi) is 2.44. The van der Waals surface area contributed by atoms with Crippen LogP contribution in [0.25, 0.3) is 0 Å². The molecule has 1 N–H and O–H groups in total. The van der Waals surface area contributed by atoms with E-state index < -0.39 is 18.5 Å². The van der Waals surface area contributed by atoms with Crippen LogP contribution in [0.5, 0.6) is 0 Å². The molecule has 0 aromatic heterocycles. The Labute approximate surface area is 47.9 Å². The molecule has 0 aliphatic rings. The summed E-state index contributed by atoms with van der Waals surface area (Å²) in [6.45, 7) is -1.75. The molecule has 0 bridgehead atoms. The van der Waals surface area contributed by atoms with Gasteiger partial charge in [-0.25, -0.2) is 9.74 Å². The zero-order valence-corrected chi connectivity index (χ0v) is 4.10. The Morgan fingerprint density at radius 3 is 2.22 bits per heavy atom. The Balaban J connectivity index is 3.97. The zero-order valence-electron chi connectivity index (χ0n) is 4.10. The molecule has 0 aliphatic carbocycles. The number of rotatable bonds is 2. The van der Waals surface area contributed by atoms with Gasteiger partial charge in [-0.3, -0.25) is 0 Å². The van der Waals surface area contributed by atoms with Gasteiger partial charge in [0.2, 0.25) is 0 Å². The number of hydrogen-bond acceptors (Lipinski definition) is 3. The lowest BCUT2D eigenvalue weighted by Crippen LogP contribution is -2.32. The van der Waals surface area contributed by atoms with E-state index in [2.05, 4.69) is 4.94 Å². The van der Waals surface area contributed by atoms with Crippen LogP contribution in [0.2, 0.25) is 0 Å². The predicted molar refractivity (Wildman–Crippen MR) is 19.2 cm³/mol. The first kappa shape index (κ1) is 8.22. The Hall–Kier alpha value is -0.780. The number of carbonyl (C=O) groups excluding carboxylic acids is 1. The van der Waals surface area contributed by atoms with Crippen LogP contribution in [0.3, 0.4) is 0 Å². The van der Waals surface area contributed by atoms with Gasteiger partial charge >= 0.3 is 11.9 Å². The van der Waals surface area contributed by atoms with Crippen LogP contribution in [0.1, 0.15) is 0 Å². The van der Waals surface area contributed by atoms with E-state index in [-0.39, 0.29) is 0 Å². The van der Waals surface area contributed by atoms with Crippen LogP contribution in [-0.4, -0.2) is 23.6 Å². The molecule has 0 rings (SSSR count). The average molecular weight is 144 g/mol. The fourth-order valence-electron chi connectivity index (χ4n) is 0.121. The number of hydrogen-bond donors (Lipinski definition) is 1. The fourth-order valence-corrected chi connectivity index (χ4v) is 0.121. The highest BCUT2D eigenvalue weighted by Crippen LogP contribution is 2.13. The lowest BCUT2D eigenvalue weighted by atomic mass is 10.4. The molecule has 0 spiro atoms. The highest BCUT2D eigenvalue weighted by atomic mass is 19.3. The molecule has 9 heavy (non-hydrogen) atoms. The van der Waals surface area contributed by atoms with Crippen molar-refractivity contribution in [3.63, 3.8) is 0 Å². The number of aliphatic hydroxyl groups is 1. The minimum absolute atomic E-state index is 1.75. The first-order chi connectivity index (χ1) is 4.04. The summed E-state index contributed by atoms with van der Waals surface area (Å²) in [6.07, 6.45) is 0. The van der Waals surface area contributed by atoms with Crippen molar-refractivity contribution in [3.05, 3.63) is 0 Å². The fraction of sp³-hybridized carbons (Fsp3) is 0.667. The van der Waals surface area contributed by atoms with Crippen molar-refractivity contribution in [3.8, 4) is 0 Å². The number of aliphatic hydroxyl groups excluding tert-OH is 1. The molecule has 6 heteroatoms. The lowest BCUT2D eigenvalue weighted by Gasteiger charge is -2.05. The maximum atomic E-state index is 11.6. The SMILES string of the molecule is O=C(OF)C(F)(F)CO. The lowest BCUT2D eigenvalue weighted by molar-refractivity contribution is -0.215. The Morgan fingerprint density at radius 1 is 1.67 bits per heavy atom. The third-order valence-electron chi connectivity index (χ3n) is 0.567. The van der Waals surface area contributed by atoms with E-state index in [4.69, 9.17) is 5.11 Å². The van der Waals surface area contributed by atoms with Crippen LogP contribution in [0.4, 0.5) is 13.3 Å². The summed E-state index contributed by atoms with van der Waals surface area (Å²) in [5.74, 6) is -6.51. The minimum atomic E-state index is -4.13. The van der Waals surface area contributed by atoms with Gasteiger partial charge in [0.05, 0.1) is 0 Å². The average Bonchev–Trinajstić information content (AvgIpc) is 1.86. The summed E-state index contributed by atoms with van der Waals surface area (Å²) in [6, 6.07) is 0. The molecule has 0 fully saturated rings. The molecule has 0 amide bonds. The van der Waals surface area contributed by atoms with Gasteiger partial charge in [0.15, 0.2) is 0 Å².